The molecular weight excluding hydrogens is 433 g/mol. The molecule has 1 saturated heterocycles. The third-order valence-electron chi connectivity index (χ3n) is 4.08. The predicted molar refractivity (Wildman–Crippen MR) is 105 cm³/mol. The molecule has 1 heterocycles. The third kappa shape index (κ3) is 4.55. The van der Waals surface area contributed by atoms with Gasteiger partial charge in [0.15, 0.2) is 11.5 Å². The van der Waals surface area contributed by atoms with Gasteiger partial charge >= 0.3 is 16.3 Å². The van der Waals surface area contributed by atoms with E-state index in [1.165, 1.54) is 20.1 Å². The molecule has 0 aromatic heterocycles. The molecule has 0 saturated carbocycles. The molecule has 3 rings (SSSR count). The fraction of sp³-hybridized carbons (Fsp3) is 0.333. The maximum Gasteiger partial charge on any atom is 0.416 e. The van der Waals surface area contributed by atoms with Crippen LogP contribution in [0.15, 0.2) is 41.3 Å². The Balaban J connectivity index is 1.92. The van der Waals surface area contributed by atoms with Crippen LogP contribution >= 0.6 is 23.5 Å². The Kier molecular flexibility index (Phi) is 6.11. The second kappa shape index (κ2) is 8.08. The lowest BCUT2D eigenvalue weighted by Crippen LogP contribution is -2.14. The van der Waals surface area contributed by atoms with Crippen LogP contribution in [0.5, 0.6) is 11.5 Å². The number of rotatable bonds is 5. The van der Waals surface area contributed by atoms with E-state index in [9.17, 15) is 21.6 Å². The van der Waals surface area contributed by atoms with Gasteiger partial charge in [-0.15, -0.1) is 23.5 Å². The number of methoxy groups -OCH3 is 1. The monoisotopic (exact) mass is 450 g/mol. The standard InChI is InChI=1S/C18H17F3O4S3/c1-11-3-5-13(10-14(11)18(19,20)21)28(22,23)25-15-6-4-12(9-16(15)24-2)17-26-7-8-27-17/h3-6,9-10,17H,7-8H2,1-2H3. The molecule has 0 N–H and O–H groups in total. The topological polar surface area (TPSA) is 52.6 Å². The van der Waals surface area contributed by atoms with Gasteiger partial charge in [-0.1, -0.05) is 12.1 Å². The Morgan fingerprint density at radius 1 is 1.04 bits per heavy atom. The van der Waals surface area contributed by atoms with Gasteiger partial charge in [0.2, 0.25) is 0 Å². The van der Waals surface area contributed by atoms with E-state index in [2.05, 4.69) is 0 Å². The average molecular weight is 451 g/mol. The van der Waals surface area contributed by atoms with Gasteiger partial charge in [-0.3, -0.25) is 0 Å². The first-order chi connectivity index (χ1) is 13.1. The number of hydrogen-bond donors (Lipinski definition) is 0. The van der Waals surface area contributed by atoms with Crippen molar-refractivity contribution in [3.63, 3.8) is 0 Å². The highest BCUT2D eigenvalue weighted by atomic mass is 32.2. The summed E-state index contributed by atoms with van der Waals surface area (Å²) in [6, 6.07) is 7.67. The molecule has 2 aromatic carbocycles. The van der Waals surface area contributed by atoms with Gasteiger partial charge < -0.3 is 8.92 Å². The molecule has 0 spiro atoms. The fourth-order valence-corrected chi connectivity index (χ4v) is 6.48. The van der Waals surface area contributed by atoms with Crippen LogP contribution in [0, 0.1) is 6.92 Å². The van der Waals surface area contributed by atoms with Gasteiger partial charge in [0, 0.05) is 11.5 Å². The number of thioether (sulfide) groups is 2. The van der Waals surface area contributed by atoms with Crippen LogP contribution in [-0.2, 0) is 16.3 Å². The van der Waals surface area contributed by atoms with Crippen LogP contribution in [0.2, 0.25) is 0 Å². The van der Waals surface area contributed by atoms with E-state index in [-0.39, 0.29) is 21.6 Å². The van der Waals surface area contributed by atoms with Gasteiger partial charge in [-0.2, -0.15) is 21.6 Å². The van der Waals surface area contributed by atoms with Gasteiger partial charge in [0.05, 0.1) is 17.3 Å². The lowest BCUT2D eigenvalue weighted by Gasteiger charge is -2.15. The zero-order valence-electron chi connectivity index (χ0n) is 14.9. The molecule has 1 fully saturated rings. The molecule has 2 aromatic rings. The summed E-state index contributed by atoms with van der Waals surface area (Å²) in [7, 11) is -3.09. The summed E-state index contributed by atoms with van der Waals surface area (Å²) >= 11 is 3.56. The summed E-state index contributed by atoms with van der Waals surface area (Å²) in [6.07, 6.45) is -4.66. The van der Waals surface area contributed by atoms with E-state index in [4.69, 9.17) is 8.92 Å². The van der Waals surface area contributed by atoms with Crippen LogP contribution in [0.4, 0.5) is 13.2 Å². The van der Waals surface area contributed by atoms with Crippen LogP contribution in [0.25, 0.3) is 0 Å². The largest absolute Gasteiger partial charge is 0.493 e. The highest BCUT2D eigenvalue weighted by Gasteiger charge is 2.34. The van der Waals surface area contributed by atoms with E-state index in [0.717, 1.165) is 29.2 Å². The predicted octanol–water partition coefficient (Wildman–Crippen LogP) is 5.27. The summed E-state index contributed by atoms with van der Waals surface area (Å²) in [6.45, 7) is 1.26. The van der Waals surface area contributed by atoms with Crippen LogP contribution in [0.3, 0.4) is 0 Å². The second-order valence-electron chi connectivity index (χ2n) is 6.00. The summed E-state index contributed by atoms with van der Waals surface area (Å²) in [5.41, 5.74) is -0.126. The van der Waals surface area contributed by atoms with Crippen LogP contribution in [0.1, 0.15) is 21.3 Å². The van der Waals surface area contributed by atoms with E-state index in [1.807, 2.05) is 0 Å². The molecule has 0 bridgehead atoms. The average Bonchev–Trinajstić information content (AvgIpc) is 3.15. The highest BCUT2D eigenvalue weighted by molar-refractivity contribution is 8.19. The molecule has 4 nitrogen and oxygen atoms in total. The Labute approximate surface area is 169 Å². The lowest BCUT2D eigenvalue weighted by molar-refractivity contribution is -0.138. The van der Waals surface area contributed by atoms with Crippen molar-refractivity contribution in [3.8, 4) is 11.5 Å². The SMILES string of the molecule is COc1cc(C2SCCS2)ccc1OS(=O)(=O)c1ccc(C)c(C(F)(F)F)c1. The molecule has 1 aliphatic rings. The minimum Gasteiger partial charge on any atom is -0.493 e. The lowest BCUT2D eigenvalue weighted by atomic mass is 10.1. The maximum atomic E-state index is 13.1. The third-order valence-corrected chi connectivity index (χ3v) is 8.42. The van der Waals surface area contributed by atoms with Crippen molar-refractivity contribution in [1.82, 2.24) is 0 Å². The van der Waals surface area contributed by atoms with Crippen LogP contribution < -0.4 is 8.92 Å². The van der Waals surface area contributed by atoms with E-state index in [1.54, 1.807) is 35.7 Å². The molecular formula is C18H17F3O4S3. The second-order valence-corrected chi connectivity index (χ2v) is 10.3. The van der Waals surface area contributed by atoms with E-state index in [0.29, 0.717) is 6.07 Å². The molecule has 28 heavy (non-hydrogen) atoms. The number of halogens is 3. The van der Waals surface area contributed by atoms with Gasteiger partial charge in [-0.05, 0) is 42.3 Å². The van der Waals surface area contributed by atoms with Crippen molar-refractivity contribution in [2.75, 3.05) is 18.6 Å². The van der Waals surface area contributed by atoms with Gasteiger partial charge in [0.25, 0.3) is 0 Å². The van der Waals surface area contributed by atoms with Crippen molar-refractivity contribution in [2.24, 2.45) is 0 Å². The molecule has 0 amide bonds. The van der Waals surface area contributed by atoms with Crippen LogP contribution in [-0.4, -0.2) is 27.0 Å². The highest BCUT2D eigenvalue weighted by Crippen LogP contribution is 2.47. The maximum absolute atomic E-state index is 13.1. The molecule has 0 radical (unpaired) electrons. The Morgan fingerprint density at radius 3 is 2.32 bits per heavy atom. The van der Waals surface area contributed by atoms with Gasteiger partial charge in [-0.25, -0.2) is 0 Å². The quantitative estimate of drug-likeness (QED) is 0.579. The van der Waals surface area contributed by atoms with E-state index < -0.39 is 26.8 Å². The first kappa shape index (κ1) is 21.2. The summed E-state index contributed by atoms with van der Waals surface area (Å²) in [4.78, 5) is -0.571. The minimum absolute atomic E-state index is 0.0695. The zero-order chi connectivity index (χ0) is 20.5. The molecule has 0 aliphatic carbocycles. The first-order valence-corrected chi connectivity index (χ1v) is 11.7. The Bertz CT molecular complexity index is 969. The Morgan fingerprint density at radius 2 is 1.71 bits per heavy atom. The number of benzene rings is 2. The smallest absolute Gasteiger partial charge is 0.416 e. The number of alkyl halides is 3. The summed E-state index contributed by atoms with van der Waals surface area (Å²) in [5, 5.41) is 0. The minimum atomic E-state index is -4.66. The number of aryl methyl sites for hydroxylation is 1. The molecule has 10 heteroatoms. The summed E-state index contributed by atoms with van der Waals surface area (Å²) < 4.78 is 74.9. The first-order valence-electron chi connectivity index (χ1n) is 8.15. The number of ether oxygens (including phenoxy) is 1. The van der Waals surface area contributed by atoms with Crippen molar-refractivity contribution in [3.05, 3.63) is 53.1 Å². The molecule has 152 valence electrons. The summed E-state index contributed by atoms with van der Waals surface area (Å²) in [5.74, 6) is 2.18. The van der Waals surface area contributed by atoms with Crippen molar-refractivity contribution in [2.45, 2.75) is 22.6 Å². The Hall–Kier alpha value is -1.52. The normalized spacial score (nSPS) is 15.6. The van der Waals surface area contributed by atoms with E-state index >= 15 is 0 Å². The van der Waals surface area contributed by atoms with Crippen molar-refractivity contribution >= 4 is 33.6 Å². The zero-order valence-corrected chi connectivity index (χ0v) is 17.4. The number of hydrogen-bond acceptors (Lipinski definition) is 6. The van der Waals surface area contributed by atoms with Crippen molar-refractivity contribution in [1.29, 1.82) is 0 Å². The molecule has 1 aliphatic heterocycles. The van der Waals surface area contributed by atoms with Gasteiger partial charge in [0.1, 0.15) is 4.90 Å². The van der Waals surface area contributed by atoms with Crippen molar-refractivity contribution < 1.29 is 30.5 Å². The molecule has 0 unspecified atom stereocenters. The fourth-order valence-electron chi connectivity index (χ4n) is 2.68. The molecule has 0 atom stereocenters.